The number of nitrogens with zero attached hydrogens (tertiary/aromatic N) is 3. The zero-order valence-electron chi connectivity index (χ0n) is 17.3. The predicted molar refractivity (Wildman–Crippen MR) is 116 cm³/mol. The Labute approximate surface area is 174 Å². The monoisotopic (exact) mass is 409 g/mol. The summed E-state index contributed by atoms with van der Waals surface area (Å²) in [6.45, 7) is 0.362. The molecule has 2 aromatic heterocycles. The van der Waals surface area contributed by atoms with E-state index in [-0.39, 0.29) is 17.7 Å². The van der Waals surface area contributed by atoms with Gasteiger partial charge in [0.05, 0.1) is 17.1 Å². The van der Waals surface area contributed by atoms with Crippen molar-refractivity contribution in [3.05, 3.63) is 58.1 Å². The fraction of sp³-hybridized carbons (Fsp3) is 0.409. The van der Waals surface area contributed by atoms with Gasteiger partial charge >= 0.3 is 5.69 Å². The van der Waals surface area contributed by atoms with Crippen LogP contribution in [0.2, 0.25) is 0 Å². The van der Waals surface area contributed by atoms with Gasteiger partial charge in [-0.25, -0.2) is 9.78 Å². The standard InChI is InChI=1S/C22H27N5O3/c1-26(16-4-3-5-17(28)11-16)20-9-6-14(12-23-20)13-24-21(29)15-7-8-19-18(10-15)25-22(30)27(19)2/h6-10,12,16-17,28H,3-5,11,13H2,1-2H3,(H,24,29)(H,25,30). The molecule has 1 aliphatic rings. The van der Waals surface area contributed by atoms with Gasteiger partial charge in [0.2, 0.25) is 0 Å². The molecule has 0 aliphatic heterocycles. The van der Waals surface area contributed by atoms with E-state index in [2.05, 4.69) is 20.2 Å². The van der Waals surface area contributed by atoms with Gasteiger partial charge < -0.3 is 20.3 Å². The molecule has 4 rings (SSSR count). The molecule has 8 heteroatoms. The fourth-order valence-electron chi connectivity index (χ4n) is 4.07. The summed E-state index contributed by atoms with van der Waals surface area (Å²) in [7, 11) is 3.70. The van der Waals surface area contributed by atoms with Crippen LogP contribution in [0.5, 0.6) is 0 Å². The Kier molecular flexibility index (Phi) is 5.59. The molecule has 1 aromatic carbocycles. The van der Waals surface area contributed by atoms with Gasteiger partial charge in [-0.15, -0.1) is 0 Å². The van der Waals surface area contributed by atoms with Crippen molar-refractivity contribution in [3.8, 4) is 0 Å². The molecule has 8 nitrogen and oxygen atoms in total. The Morgan fingerprint density at radius 1 is 1.33 bits per heavy atom. The highest BCUT2D eigenvalue weighted by molar-refractivity contribution is 5.97. The molecule has 1 aliphatic carbocycles. The molecule has 0 spiro atoms. The molecule has 1 amide bonds. The van der Waals surface area contributed by atoms with Crippen molar-refractivity contribution >= 4 is 22.8 Å². The van der Waals surface area contributed by atoms with Crippen LogP contribution in [0.25, 0.3) is 11.0 Å². The van der Waals surface area contributed by atoms with E-state index >= 15 is 0 Å². The van der Waals surface area contributed by atoms with Crippen molar-refractivity contribution in [1.29, 1.82) is 0 Å². The highest BCUT2D eigenvalue weighted by Gasteiger charge is 2.24. The number of H-pyrrole nitrogens is 1. The van der Waals surface area contributed by atoms with Crippen molar-refractivity contribution in [2.24, 2.45) is 7.05 Å². The van der Waals surface area contributed by atoms with Crippen molar-refractivity contribution in [2.45, 2.75) is 44.4 Å². The largest absolute Gasteiger partial charge is 0.393 e. The molecule has 0 bridgehead atoms. The highest BCUT2D eigenvalue weighted by Crippen LogP contribution is 2.25. The van der Waals surface area contributed by atoms with Gasteiger partial charge in [0.15, 0.2) is 0 Å². The number of amides is 1. The van der Waals surface area contributed by atoms with Crippen LogP contribution in [-0.2, 0) is 13.6 Å². The first-order valence-corrected chi connectivity index (χ1v) is 10.2. The zero-order valence-corrected chi connectivity index (χ0v) is 17.3. The average molecular weight is 409 g/mol. The first kappa shape index (κ1) is 20.2. The number of aromatic nitrogens is 3. The molecule has 30 heavy (non-hydrogen) atoms. The summed E-state index contributed by atoms with van der Waals surface area (Å²) in [6, 6.07) is 9.35. The molecule has 1 fully saturated rings. The summed E-state index contributed by atoms with van der Waals surface area (Å²) in [5, 5.41) is 12.8. The van der Waals surface area contributed by atoms with Crippen molar-refractivity contribution < 1.29 is 9.90 Å². The quantitative estimate of drug-likeness (QED) is 0.598. The predicted octanol–water partition coefficient (Wildman–Crippen LogP) is 1.93. The first-order valence-electron chi connectivity index (χ1n) is 10.2. The molecular formula is C22H27N5O3. The lowest BCUT2D eigenvalue weighted by Crippen LogP contribution is -2.38. The molecule has 158 valence electrons. The number of aliphatic hydroxyl groups excluding tert-OH is 1. The maximum absolute atomic E-state index is 12.5. The van der Waals surface area contributed by atoms with Crippen molar-refractivity contribution in [3.63, 3.8) is 0 Å². The Bertz CT molecular complexity index is 1100. The third-order valence-electron chi connectivity index (χ3n) is 5.96. The normalized spacial score (nSPS) is 19.0. The van der Waals surface area contributed by atoms with Crippen LogP contribution in [-0.4, -0.2) is 44.7 Å². The van der Waals surface area contributed by atoms with E-state index in [1.807, 2.05) is 19.2 Å². The maximum atomic E-state index is 12.5. The van der Waals surface area contributed by atoms with Crippen LogP contribution in [0.3, 0.4) is 0 Å². The number of aryl methyl sites for hydroxylation is 1. The van der Waals surface area contributed by atoms with Crippen molar-refractivity contribution in [2.75, 3.05) is 11.9 Å². The summed E-state index contributed by atoms with van der Waals surface area (Å²) in [5.41, 5.74) is 2.58. The Morgan fingerprint density at radius 3 is 2.90 bits per heavy atom. The lowest BCUT2D eigenvalue weighted by Gasteiger charge is -2.34. The topological polar surface area (TPSA) is 103 Å². The van der Waals surface area contributed by atoms with Gasteiger partial charge in [0.1, 0.15) is 5.82 Å². The number of nitrogens with one attached hydrogen (secondary N) is 2. The number of aliphatic hydroxyl groups is 1. The number of rotatable bonds is 5. The van der Waals surface area contributed by atoms with E-state index in [9.17, 15) is 14.7 Å². The number of benzene rings is 1. The summed E-state index contributed by atoms with van der Waals surface area (Å²) < 4.78 is 1.51. The average Bonchev–Trinajstić information content (AvgIpc) is 3.05. The summed E-state index contributed by atoms with van der Waals surface area (Å²) in [6.07, 6.45) is 5.28. The van der Waals surface area contributed by atoms with Gasteiger partial charge in [-0.2, -0.15) is 0 Å². The number of fused-ring (bicyclic) bond motifs is 1. The summed E-state index contributed by atoms with van der Waals surface area (Å²) >= 11 is 0. The van der Waals surface area contributed by atoms with Crippen LogP contribution in [0.15, 0.2) is 41.3 Å². The summed E-state index contributed by atoms with van der Waals surface area (Å²) in [4.78, 5) is 33.6. The first-order chi connectivity index (χ1) is 14.4. The number of hydrogen-bond donors (Lipinski definition) is 3. The number of carbonyl (C=O) groups excluding carboxylic acids is 1. The number of imidazole rings is 1. The minimum absolute atomic E-state index is 0.207. The van der Waals surface area contributed by atoms with Gasteiger partial charge in [-0.05, 0) is 55.5 Å². The molecule has 3 N–H and O–H groups in total. The third-order valence-corrected chi connectivity index (χ3v) is 5.96. The van der Waals surface area contributed by atoms with Crippen LogP contribution >= 0.6 is 0 Å². The molecule has 2 atom stereocenters. The van der Waals surface area contributed by atoms with Gasteiger partial charge in [0, 0.05) is 38.4 Å². The molecular weight excluding hydrogens is 382 g/mol. The van der Waals surface area contributed by atoms with E-state index < -0.39 is 0 Å². The minimum Gasteiger partial charge on any atom is -0.393 e. The van der Waals surface area contributed by atoms with Crippen LogP contribution in [0.4, 0.5) is 5.82 Å². The SMILES string of the molecule is CN(c1ccc(CNC(=O)c2ccc3c(c2)[nH]c(=O)n3C)cn1)C1CCCC(O)C1. The van der Waals surface area contributed by atoms with Gasteiger partial charge in [-0.1, -0.05) is 6.07 Å². The molecule has 2 unspecified atom stereocenters. The maximum Gasteiger partial charge on any atom is 0.326 e. The Balaban J connectivity index is 1.38. The van der Waals surface area contributed by atoms with Gasteiger partial charge in [-0.3, -0.25) is 9.36 Å². The Hall–Kier alpha value is -3.13. The van der Waals surface area contributed by atoms with E-state index in [1.54, 1.807) is 31.4 Å². The van der Waals surface area contributed by atoms with Crippen molar-refractivity contribution in [1.82, 2.24) is 19.9 Å². The molecule has 2 heterocycles. The van der Waals surface area contributed by atoms with E-state index in [4.69, 9.17) is 0 Å². The molecule has 1 saturated carbocycles. The smallest absolute Gasteiger partial charge is 0.326 e. The van der Waals surface area contributed by atoms with E-state index in [1.165, 1.54) is 4.57 Å². The zero-order chi connectivity index (χ0) is 21.3. The lowest BCUT2D eigenvalue weighted by molar-refractivity contribution is 0.0951. The second kappa shape index (κ2) is 8.31. The highest BCUT2D eigenvalue weighted by atomic mass is 16.3. The van der Waals surface area contributed by atoms with Crippen LogP contribution < -0.4 is 15.9 Å². The number of aromatic amines is 1. The van der Waals surface area contributed by atoms with E-state index in [0.29, 0.717) is 23.7 Å². The summed E-state index contributed by atoms with van der Waals surface area (Å²) in [5.74, 6) is 0.654. The van der Waals surface area contributed by atoms with Crippen LogP contribution in [0, 0.1) is 0 Å². The van der Waals surface area contributed by atoms with Gasteiger partial charge in [0.25, 0.3) is 5.91 Å². The second-order valence-corrected chi connectivity index (χ2v) is 8.01. The number of hydrogen-bond acceptors (Lipinski definition) is 5. The van der Waals surface area contributed by atoms with E-state index in [0.717, 1.165) is 42.6 Å². The van der Waals surface area contributed by atoms with Crippen LogP contribution in [0.1, 0.15) is 41.6 Å². The number of pyridine rings is 1. The molecule has 0 radical (unpaired) electrons. The third kappa shape index (κ3) is 4.09. The number of anilines is 1. The number of carbonyl (C=O) groups is 1. The second-order valence-electron chi connectivity index (χ2n) is 8.01. The minimum atomic E-state index is -0.228. The Morgan fingerprint density at radius 2 is 2.17 bits per heavy atom. The molecule has 0 saturated heterocycles. The molecule has 3 aromatic rings. The lowest BCUT2D eigenvalue weighted by atomic mass is 9.92. The fourth-order valence-corrected chi connectivity index (χ4v) is 4.07.